The minimum Gasteiger partial charge on any atom is -0.384 e. The minimum atomic E-state index is -0.215. The van der Waals surface area contributed by atoms with Crippen molar-refractivity contribution in [1.82, 2.24) is 14.5 Å². The van der Waals surface area contributed by atoms with E-state index in [0.717, 1.165) is 12.0 Å². The molecule has 0 spiro atoms. The zero-order valence-electron chi connectivity index (χ0n) is 13.3. The summed E-state index contributed by atoms with van der Waals surface area (Å²) in [4.78, 5) is 21.9. The highest BCUT2D eigenvalue weighted by molar-refractivity contribution is 6.35. The molecule has 0 fully saturated rings. The molecule has 3 aromatic rings. The Labute approximate surface area is 144 Å². The van der Waals surface area contributed by atoms with Crippen LogP contribution < -0.4 is 17.0 Å². The number of hydrogen-bond donors (Lipinski definition) is 2. The van der Waals surface area contributed by atoms with Crippen LogP contribution in [0.5, 0.6) is 0 Å². The normalized spacial score (nSPS) is 11.1. The molecule has 0 saturated heterocycles. The number of nitrogens with zero attached hydrogens (tertiary/aromatic N) is 3. The molecule has 0 aliphatic rings. The van der Waals surface area contributed by atoms with Crippen molar-refractivity contribution in [3.8, 4) is 5.69 Å². The Kier molecular flexibility index (Phi) is 4.51. The molecule has 24 heavy (non-hydrogen) atoms. The van der Waals surface area contributed by atoms with Crippen LogP contribution in [-0.2, 0) is 6.42 Å². The lowest BCUT2D eigenvalue weighted by atomic mass is 10.2. The quantitative estimate of drug-likeness (QED) is 0.756. The molecule has 0 bridgehead atoms. The largest absolute Gasteiger partial charge is 0.384 e. The van der Waals surface area contributed by atoms with Crippen LogP contribution in [0.3, 0.4) is 0 Å². The predicted molar refractivity (Wildman–Crippen MR) is 96.7 cm³/mol. The molecule has 2 heterocycles. The van der Waals surface area contributed by atoms with E-state index in [1.54, 1.807) is 35.0 Å². The number of fused-ring (bicyclic) bond motifs is 1. The Bertz CT molecular complexity index is 967. The number of anilines is 1. The van der Waals surface area contributed by atoms with Gasteiger partial charge in [-0.2, -0.15) is 0 Å². The average Bonchev–Trinajstić information content (AvgIpc) is 2.54. The topological polar surface area (TPSA) is 99.8 Å². The van der Waals surface area contributed by atoms with E-state index in [4.69, 9.17) is 23.1 Å². The summed E-state index contributed by atoms with van der Waals surface area (Å²) in [5.41, 5.74) is 13.2. The third-order valence-corrected chi connectivity index (χ3v) is 4.18. The van der Waals surface area contributed by atoms with Gasteiger partial charge in [-0.3, -0.25) is 9.36 Å². The molecule has 1 aromatic carbocycles. The Morgan fingerprint density at radius 3 is 2.83 bits per heavy atom. The highest BCUT2D eigenvalue weighted by Crippen LogP contribution is 2.22. The van der Waals surface area contributed by atoms with Gasteiger partial charge >= 0.3 is 0 Å². The number of hydrogen-bond acceptors (Lipinski definition) is 5. The van der Waals surface area contributed by atoms with Crippen LogP contribution in [0.25, 0.3) is 16.6 Å². The van der Waals surface area contributed by atoms with Crippen molar-refractivity contribution in [2.45, 2.75) is 19.8 Å². The standard InChI is InChI=1S/C17H18ClN5O/c1-10-8-14(20)21-9-13(10)23-15(6-3-7-19)22-12-5-2-4-11(18)16(12)17(23)24/h2,4-5,8-9H,3,6-7,19H2,1H3,(H2,20,21). The summed E-state index contributed by atoms with van der Waals surface area (Å²) in [6, 6.07) is 6.98. The van der Waals surface area contributed by atoms with E-state index in [1.807, 2.05) is 6.92 Å². The molecule has 0 radical (unpaired) electrons. The fourth-order valence-electron chi connectivity index (χ4n) is 2.72. The summed E-state index contributed by atoms with van der Waals surface area (Å²) in [5, 5.41) is 0.775. The first-order valence-corrected chi connectivity index (χ1v) is 8.03. The van der Waals surface area contributed by atoms with Crippen molar-refractivity contribution >= 4 is 28.3 Å². The average molecular weight is 344 g/mol. The minimum absolute atomic E-state index is 0.215. The number of nitrogens with two attached hydrogens (primary N) is 2. The Morgan fingerprint density at radius 1 is 1.33 bits per heavy atom. The number of aromatic nitrogens is 3. The lowest BCUT2D eigenvalue weighted by Crippen LogP contribution is -2.25. The van der Waals surface area contributed by atoms with Gasteiger partial charge in [0.1, 0.15) is 11.6 Å². The van der Waals surface area contributed by atoms with Gasteiger partial charge in [0.15, 0.2) is 0 Å². The summed E-state index contributed by atoms with van der Waals surface area (Å²) >= 11 is 6.23. The molecule has 4 N–H and O–H groups in total. The van der Waals surface area contributed by atoms with Crippen LogP contribution in [0.15, 0.2) is 35.3 Å². The number of nitrogen functional groups attached to an aromatic ring is 1. The summed E-state index contributed by atoms with van der Waals surface area (Å²) in [5.74, 6) is 1.04. The van der Waals surface area contributed by atoms with Crippen LogP contribution in [0, 0.1) is 6.92 Å². The maximum absolute atomic E-state index is 13.1. The second kappa shape index (κ2) is 6.59. The maximum Gasteiger partial charge on any atom is 0.267 e. The number of halogens is 1. The van der Waals surface area contributed by atoms with E-state index in [1.165, 1.54) is 0 Å². The SMILES string of the molecule is Cc1cc(N)ncc1-n1c(CCCN)nc2cccc(Cl)c2c1=O. The molecule has 0 unspecified atom stereocenters. The third-order valence-electron chi connectivity index (χ3n) is 3.87. The van der Waals surface area contributed by atoms with Crippen molar-refractivity contribution in [3.05, 3.63) is 57.2 Å². The molecule has 0 atom stereocenters. The first-order valence-electron chi connectivity index (χ1n) is 7.65. The first-order chi connectivity index (χ1) is 11.5. The zero-order chi connectivity index (χ0) is 17.3. The van der Waals surface area contributed by atoms with Gasteiger partial charge in [-0.25, -0.2) is 9.97 Å². The lowest BCUT2D eigenvalue weighted by molar-refractivity contribution is 0.739. The number of benzene rings is 1. The molecule has 0 saturated carbocycles. The second-order valence-corrected chi connectivity index (χ2v) is 6.00. The predicted octanol–water partition coefficient (Wildman–Crippen LogP) is 2.22. The van der Waals surface area contributed by atoms with E-state index in [9.17, 15) is 4.79 Å². The fourth-order valence-corrected chi connectivity index (χ4v) is 2.97. The zero-order valence-corrected chi connectivity index (χ0v) is 14.0. The summed E-state index contributed by atoms with van der Waals surface area (Å²) in [6.45, 7) is 2.39. The Morgan fingerprint density at radius 2 is 2.12 bits per heavy atom. The van der Waals surface area contributed by atoms with Gasteiger partial charge in [0.05, 0.1) is 27.8 Å². The van der Waals surface area contributed by atoms with Gasteiger partial charge in [-0.1, -0.05) is 17.7 Å². The van der Waals surface area contributed by atoms with Gasteiger partial charge in [0.2, 0.25) is 0 Å². The molecule has 0 aliphatic heterocycles. The van der Waals surface area contributed by atoms with Crippen LogP contribution in [0.1, 0.15) is 17.8 Å². The van der Waals surface area contributed by atoms with Crippen molar-refractivity contribution in [2.75, 3.05) is 12.3 Å². The first kappa shape index (κ1) is 16.4. The van der Waals surface area contributed by atoms with E-state index >= 15 is 0 Å². The number of rotatable bonds is 4. The maximum atomic E-state index is 13.1. The Balaban J connectivity index is 2.37. The summed E-state index contributed by atoms with van der Waals surface area (Å²) < 4.78 is 1.56. The van der Waals surface area contributed by atoms with Crippen LogP contribution in [0.2, 0.25) is 5.02 Å². The Hall–Kier alpha value is -2.44. The van der Waals surface area contributed by atoms with E-state index in [0.29, 0.717) is 46.2 Å². The van der Waals surface area contributed by atoms with E-state index in [2.05, 4.69) is 9.97 Å². The molecular weight excluding hydrogens is 326 g/mol. The highest BCUT2D eigenvalue weighted by atomic mass is 35.5. The van der Waals surface area contributed by atoms with Crippen LogP contribution in [-0.4, -0.2) is 21.1 Å². The van der Waals surface area contributed by atoms with Crippen molar-refractivity contribution in [3.63, 3.8) is 0 Å². The molecule has 7 heteroatoms. The summed E-state index contributed by atoms with van der Waals surface area (Å²) in [6.07, 6.45) is 2.89. The molecular formula is C17H18ClN5O. The van der Waals surface area contributed by atoms with Crippen molar-refractivity contribution in [1.29, 1.82) is 0 Å². The fraction of sp³-hybridized carbons (Fsp3) is 0.235. The second-order valence-electron chi connectivity index (χ2n) is 5.59. The van der Waals surface area contributed by atoms with Gasteiger partial charge in [0.25, 0.3) is 5.56 Å². The number of pyridine rings is 1. The monoisotopic (exact) mass is 343 g/mol. The smallest absolute Gasteiger partial charge is 0.267 e. The molecule has 3 rings (SSSR count). The summed E-state index contributed by atoms with van der Waals surface area (Å²) in [7, 11) is 0. The van der Waals surface area contributed by atoms with Gasteiger partial charge in [-0.15, -0.1) is 0 Å². The van der Waals surface area contributed by atoms with Gasteiger partial charge in [0, 0.05) is 6.42 Å². The lowest BCUT2D eigenvalue weighted by Gasteiger charge is -2.15. The van der Waals surface area contributed by atoms with Crippen molar-refractivity contribution in [2.24, 2.45) is 5.73 Å². The number of aryl methyl sites for hydroxylation is 2. The van der Waals surface area contributed by atoms with E-state index in [-0.39, 0.29) is 5.56 Å². The van der Waals surface area contributed by atoms with Crippen LogP contribution >= 0.6 is 11.6 Å². The van der Waals surface area contributed by atoms with Crippen LogP contribution in [0.4, 0.5) is 5.82 Å². The van der Waals surface area contributed by atoms with Gasteiger partial charge in [-0.05, 0) is 43.7 Å². The third kappa shape index (κ3) is 2.86. The molecule has 124 valence electrons. The highest BCUT2D eigenvalue weighted by Gasteiger charge is 2.16. The van der Waals surface area contributed by atoms with Crippen molar-refractivity contribution < 1.29 is 0 Å². The van der Waals surface area contributed by atoms with Gasteiger partial charge < -0.3 is 11.5 Å². The molecule has 0 amide bonds. The molecule has 6 nitrogen and oxygen atoms in total. The molecule has 2 aromatic heterocycles. The van der Waals surface area contributed by atoms with E-state index < -0.39 is 0 Å². The molecule has 0 aliphatic carbocycles.